The predicted molar refractivity (Wildman–Crippen MR) is 53.1 cm³/mol. The van der Waals surface area contributed by atoms with E-state index in [-0.39, 0.29) is 0 Å². The van der Waals surface area contributed by atoms with Gasteiger partial charge in [-0.3, -0.25) is 4.90 Å². The molecule has 1 saturated heterocycles. The van der Waals surface area contributed by atoms with Crippen LogP contribution in [-0.2, 0) is 0 Å². The summed E-state index contributed by atoms with van der Waals surface area (Å²) in [4.78, 5) is 2.43. The monoisotopic (exact) mass is 181 g/mol. The number of hydrogen-bond acceptors (Lipinski definition) is 3. The summed E-state index contributed by atoms with van der Waals surface area (Å²) in [7, 11) is 0. The van der Waals surface area contributed by atoms with Crippen molar-refractivity contribution in [2.75, 3.05) is 19.6 Å². The van der Waals surface area contributed by atoms with E-state index in [1.165, 1.54) is 19.3 Å². The Morgan fingerprint density at radius 3 is 3.00 bits per heavy atom. The van der Waals surface area contributed by atoms with Crippen molar-refractivity contribution in [3.05, 3.63) is 0 Å². The molecule has 74 valence electrons. The molecule has 0 amide bonds. The van der Waals surface area contributed by atoms with Crippen molar-refractivity contribution < 1.29 is 0 Å². The fraction of sp³-hybridized carbons (Fsp3) is 0.900. The summed E-state index contributed by atoms with van der Waals surface area (Å²) in [5.74, 6) is 0. The Bertz CT molecular complexity index is 171. The normalized spacial score (nSPS) is 24.2. The largest absolute Gasteiger partial charge is 0.330 e. The second kappa shape index (κ2) is 5.95. The summed E-state index contributed by atoms with van der Waals surface area (Å²) in [5.41, 5.74) is 5.56. The Labute approximate surface area is 80.5 Å². The van der Waals surface area contributed by atoms with Gasteiger partial charge in [0.2, 0.25) is 0 Å². The fourth-order valence-electron chi connectivity index (χ4n) is 2.07. The molecule has 0 aromatic rings. The van der Waals surface area contributed by atoms with Crippen molar-refractivity contribution >= 4 is 0 Å². The number of nitrogens with two attached hydrogens (primary N) is 1. The van der Waals surface area contributed by atoms with Crippen molar-refractivity contribution in [1.29, 1.82) is 5.26 Å². The first kappa shape index (κ1) is 10.5. The van der Waals surface area contributed by atoms with Gasteiger partial charge in [-0.1, -0.05) is 6.42 Å². The maximum absolute atomic E-state index is 8.51. The molecule has 1 aliphatic heterocycles. The van der Waals surface area contributed by atoms with Crippen molar-refractivity contribution in [2.45, 2.75) is 38.1 Å². The summed E-state index contributed by atoms with van der Waals surface area (Å²) in [6, 6.07) is 2.85. The van der Waals surface area contributed by atoms with E-state index < -0.39 is 0 Å². The highest BCUT2D eigenvalue weighted by Gasteiger charge is 2.20. The number of piperidine rings is 1. The summed E-state index contributed by atoms with van der Waals surface area (Å²) in [5, 5.41) is 8.51. The lowest BCUT2D eigenvalue weighted by atomic mass is 9.99. The molecule has 0 spiro atoms. The van der Waals surface area contributed by atoms with E-state index in [1.807, 2.05) is 0 Å². The van der Waals surface area contributed by atoms with Crippen LogP contribution in [-0.4, -0.2) is 30.6 Å². The lowest BCUT2D eigenvalue weighted by molar-refractivity contribution is 0.145. The molecule has 13 heavy (non-hydrogen) atoms. The van der Waals surface area contributed by atoms with Crippen LogP contribution in [0.15, 0.2) is 0 Å². The van der Waals surface area contributed by atoms with Crippen LogP contribution in [0.25, 0.3) is 0 Å². The minimum atomic E-state index is 0.645. The third-order valence-corrected chi connectivity index (χ3v) is 2.76. The summed E-state index contributed by atoms with van der Waals surface area (Å²) < 4.78 is 0. The van der Waals surface area contributed by atoms with Gasteiger partial charge in [0.15, 0.2) is 0 Å². The molecular weight excluding hydrogens is 162 g/mol. The first-order chi connectivity index (χ1) is 6.38. The molecule has 1 rings (SSSR count). The van der Waals surface area contributed by atoms with E-state index in [1.54, 1.807) is 0 Å². The van der Waals surface area contributed by atoms with Gasteiger partial charge in [0.25, 0.3) is 0 Å². The van der Waals surface area contributed by atoms with Crippen molar-refractivity contribution in [3.8, 4) is 6.07 Å². The molecule has 1 aliphatic rings. The molecule has 2 N–H and O–H groups in total. The molecule has 1 atom stereocenters. The van der Waals surface area contributed by atoms with Gasteiger partial charge in [-0.05, 0) is 32.4 Å². The van der Waals surface area contributed by atoms with Gasteiger partial charge in [0, 0.05) is 19.0 Å². The van der Waals surface area contributed by atoms with Crippen LogP contribution in [0.2, 0.25) is 0 Å². The van der Waals surface area contributed by atoms with Crippen LogP contribution < -0.4 is 5.73 Å². The number of nitrogens with zero attached hydrogens (tertiary/aromatic N) is 2. The second-order valence-corrected chi connectivity index (χ2v) is 3.67. The van der Waals surface area contributed by atoms with Gasteiger partial charge in [-0.15, -0.1) is 0 Å². The van der Waals surface area contributed by atoms with E-state index in [4.69, 9.17) is 11.0 Å². The highest BCUT2D eigenvalue weighted by atomic mass is 15.2. The molecule has 0 aromatic heterocycles. The van der Waals surface area contributed by atoms with Gasteiger partial charge in [-0.2, -0.15) is 5.26 Å². The minimum Gasteiger partial charge on any atom is -0.330 e. The SMILES string of the molecule is N#CCCN1CCCCC1CCN. The second-order valence-electron chi connectivity index (χ2n) is 3.67. The number of hydrogen-bond donors (Lipinski definition) is 1. The number of nitriles is 1. The Kier molecular flexibility index (Phi) is 4.81. The quantitative estimate of drug-likeness (QED) is 0.706. The summed E-state index contributed by atoms with van der Waals surface area (Å²) >= 11 is 0. The molecule has 0 aliphatic carbocycles. The third-order valence-electron chi connectivity index (χ3n) is 2.76. The smallest absolute Gasteiger partial charge is 0.0635 e. The highest BCUT2D eigenvalue weighted by Crippen LogP contribution is 2.18. The average Bonchev–Trinajstić information content (AvgIpc) is 2.17. The minimum absolute atomic E-state index is 0.645. The van der Waals surface area contributed by atoms with E-state index in [0.29, 0.717) is 12.5 Å². The molecule has 3 nitrogen and oxygen atoms in total. The van der Waals surface area contributed by atoms with Crippen LogP contribution in [0.4, 0.5) is 0 Å². The van der Waals surface area contributed by atoms with Gasteiger partial charge in [-0.25, -0.2) is 0 Å². The van der Waals surface area contributed by atoms with Gasteiger partial charge in [0.1, 0.15) is 0 Å². The van der Waals surface area contributed by atoms with Crippen LogP contribution in [0.1, 0.15) is 32.1 Å². The fourth-order valence-corrected chi connectivity index (χ4v) is 2.07. The Balaban J connectivity index is 2.33. The Morgan fingerprint density at radius 1 is 1.46 bits per heavy atom. The van der Waals surface area contributed by atoms with Crippen molar-refractivity contribution in [3.63, 3.8) is 0 Å². The topological polar surface area (TPSA) is 53.0 Å². The molecule has 0 radical (unpaired) electrons. The van der Waals surface area contributed by atoms with E-state index in [2.05, 4.69) is 11.0 Å². The highest BCUT2D eigenvalue weighted by molar-refractivity contribution is 4.80. The Morgan fingerprint density at radius 2 is 2.31 bits per heavy atom. The molecular formula is C10H19N3. The lowest BCUT2D eigenvalue weighted by Gasteiger charge is -2.35. The third kappa shape index (κ3) is 3.33. The molecule has 1 heterocycles. The standard InChI is InChI=1S/C10H19N3/c11-6-3-9-13-8-2-1-4-10(13)5-7-12/h10H,1-5,7-9,12H2. The van der Waals surface area contributed by atoms with Crippen molar-refractivity contribution in [2.24, 2.45) is 5.73 Å². The molecule has 0 saturated carbocycles. The van der Waals surface area contributed by atoms with Crippen molar-refractivity contribution in [1.82, 2.24) is 4.90 Å². The number of rotatable bonds is 4. The lowest BCUT2D eigenvalue weighted by Crippen LogP contribution is -2.41. The molecule has 0 bridgehead atoms. The summed E-state index contributed by atoms with van der Waals surface area (Å²) in [6.45, 7) is 2.86. The summed E-state index contributed by atoms with van der Waals surface area (Å²) in [6.07, 6.45) is 5.62. The van der Waals surface area contributed by atoms with Gasteiger partial charge < -0.3 is 5.73 Å². The maximum Gasteiger partial charge on any atom is 0.0635 e. The van der Waals surface area contributed by atoms with Crippen LogP contribution in [0.3, 0.4) is 0 Å². The van der Waals surface area contributed by atoms with Crippen LogP contribution in [0, 0.1) is 11.3 Å². The first-order valence-electron chi connectivity index (χ1n) is 5.19. The molecule has 0 aromatic carbocycles. The van der Waals surface area contributed by atoms with Gasteiger partial charge in [0.05, 0.1) is 6.07 Å². The maximum atomic E-state index is 8.51. The first-order valence-corrected chi connectivity index (χ1v) is 5.19. The van der Waals surface area contributed by atoms with Gasteiger partial charge >= 0.3 is 0 Å². The zero-order valence-electron chi connectivity index (χ0n) is 8.21. The van der Waals surface area contributed by atoms with E-state index >= 15 is 0 Å². The molecule has 1 fully saturated rings. The van der Waals surface area contributed by atoms with Crippen LogP contribution in [0.5, 0.6) is 0 Å². The number of likely N-dealkylation sites (tertiary alicyclic amines) is 1. The zero-order chi connectivity index (χ0) is 9.52. The predicted octanol–water partition coefficient (Wildman–Crippen LogP) is 1.10. The van der Waals surface area contributed by atoms with Crippen LogP contribution >= 0.6 is 0 Å². The molecule has 3 heteroatoms. The van der Waals surface area contributed by atoms with E-state index in [9.17, 15) is 0 Å². The Hall–Kier alpha value is -0.590. The average molecular weight is 181 g/mol. The molecule has 1 unspecified atom stereocenters. The zero-order valence-corrected chi connectivity index (χ0v) is 8.21. The van der Waals surface area contributed by atoms with E-state index in [0.717, 1.165) is 26.1 Å².